The van der Waals surface area contributed by atoms with Crippen LogP contribution < -0.4 is 5.32 Å². The smallest absolute Gasteiger partial charge is 0.258 e. The predicted molar refractivity (Wildman–Crippen MR) is 95.7 cm³/mol. The summed E-state index contributed by atoms with van der Waals surface area (Å²) in [6.07, 6.45) is 7.68. The van der Waals surface area contributed by atoms with Gasteiger partial charge in [0.05, 0.1) is 29.3 Å². The molecule has 0 atom stereocenters. The average molecular weight is 366 g/mol. The molecular weight excluding hydrogens is 354 g/mol. The molecule has 0 radical (unpaired) electrons. The third kappa shape index (κ3) is 3.31. The van der Waals surface area contributed by atoms with Crippen molar-refractivity contribution < 1.29 is 4.79 Å². The molecule has 128 valence electrons. The number of aromatic nitrogens is 6. The number of nitrogens with one attached hydrogen (secondary N) is 1. The summed E-state index contributed by atoms with van der Waals surface area (Å²) >= 11 is 5.88. The Morgan fingerprint density at radius 2 is 1.85 bits per heavy atom. The summed E-state index contributed by atoms with van der Waals surface area (Å²) in [7, 11) is 0. The van der Waals surface area contributed by atoms with Crippen LogP contribution in [0.25, 0.3) is 11.5 Å². The first-order valence-corrected chi connectivity index (χ1v) is 8.00. The number of rotatable bonds is 4. The molecule has 1 N–H and O–H groups in total. The zero-order valence-electron chi connectivity index (χ0n) is 13.3. The summed E-state index contributed by atoms with van der Waals surface area (Å²) in [5.74, 6) is 0.330. The lowest BCUT2D eigenvalue weighted by Gasteiger charge is -2.04. The summed E-state index contributed by atoms with van der Waals surface area (Å²) in [6, 6.07) is 10.7. The van der Waals surface area contributed by atoms with E-state index >= 15 is 0 Å². The van der Waals surface area contributed by atoms with Gasteiger partial charge in [-0.1, -0.05) is 11.6 Å². The number of benzene rings is 1. The lowest BCUT2D eigenvalue weighted by molar-refractivity contribution is 0.102. The number of anilines is 1. The largest absolute Gasteiger partial charge is 0.320 e. The van der Waals surface area contributed by atoms with Crippen LogP contribution in [-0.4, -0.2) is 35.4 Å². The SMILES string of the molecule is O=C(Nc1ccc(-n2cncn2)nc1)c1cnn(-c2ccc(Cl)cc2)c1. The number of carbonyl (C=O) groups is 1. The minimum absolute atomic E-state index is 0.277. The van der Waals surface area contributed by atoms with Crippen LogP contribution in [0, 0.1) is 0 Å². The summed E-state index contributed by atoms with van der Waals surface area (Å²) in [6.45, 7) is 0. The fourth-order valence-electron chi connectivity index (χ4n) is 2.30. The molecule has 0 aliphatic carbocycles. The molecule has 1 aromatic carbocycles. The van der Waals surface area contributed by atoms with Gasteiger partial charge in [-0.15, -0.1) is 0 Å². The minimum Gasteiger partial charge on any atom is -0.320 e. The van der Waals surface area contributed by atoms with Gasteiger partial charge in [0.2, 0.25) is 0 Å². The Balaban J connectivity index is 1.47. The summed E-state index contributed by atoms with van der Waals surface area (Å²) in [4.78, 5) is 20.5. The van der Waals surface area contributed by atoms with E-state index in [0.717, 1.165) is 5.69 Å². The molecule has 0 saturated heterocycles. The number of nitrogens with zero attached hydrogens (tertiary/aromatic N) is 6. The second-order valence-corrected chi connectivity index (χ2v) is 5.79. The van der Waals surface area contributed by atoms with E-state index < -0.39 is 0 Å². The number of pyridine rings is 1. The van der Waals surface area contributed by atoms with E-state index in [-0.39, 0.29) is 5.91 Å². The number of hydrogen-bond donors (Lipinski definition) is 1. The van der Waals surface area contributed by atoms with E-state index in [1.165, 1.54) is 17.2 Å². The van der Waals surface area contributed by atoms with Gasteiger partial charge in [-0.3, -0.25) is 4.79 Å². The van der Waals surface area contributed by atoms with Crippen molar-refractivity contribution in [3.8, 4) is 11.5 Å². The molecule has 26 heavy (non-hydrogen) atoms. The fraction of sp³-hybridized carbons (Fsp3) is 0. The van der Waals surface area contributed by atoms with Crippen LogP contribution in [-0.2, 0) is 0 Å². The Labute approximate surface area is 153 Å². The van der Waals surface area contributed by atoms with E-state index in [1.54, 1.807) is 47.7 Å². The third-order valence-electron chi connectivity index (χ3n) is 3.60. The van der Waals surface area contributed by atoms with Crippen LogP contribution in [0.3, 0.4) is 0 Å². The van der Waals surface area contributed by atoms with E-state index in [0.29, 0.717) is 22.1 Å². The van der Waals surface area contributed by atoms with Crippen molar-refractivity contribution in [1.82, 2.24) is 29.5 Å². The predicted octanol–water partition coefficient (Wildman–Crippen LogP) is 2.75. The van der Waals surface area contributed by atoms with Gasteiger partial charge in [-0.2, -0.15) is 10.2 Å². The number of hydrogen-bond acceptors (Lipinski definition) is 5. The van der Waals surface area contributed by atoms with Crippen LogP contribution in [0.15, 0.2) is 67.6 Å². The third-order valence-corrected chi connectivity index (χ3v) is 3.85. The molecule has 4 aromatic rings. The van der Waals surface area contributed by atoms with Gasteiger partial charge < -0.3 is 5.32 Å². The van der Waals surface area contributed by atoms with Gasteiger partial charge in [0.1, 0.15) is 12.7 Å². The van der Waals surface area contributed by atoms with Crippen LogP contribution >= 0.6 is 11.6 Å². The zero-order chi connectivity index (χ0) is 17.9. The second-order valence-electron chi connectivity index (χ2n) is 5.35. The average Bonchev–Trinajstić information content (AvgIpc) is 3.35. The summed E-state index contributed by atoms with van der Waals surface area (Å²) in [5, 5.41) is 11.6. The van der Waals surface area contributed by atoms with E-state index in [1.807, 2.05) is 12.1 Å². The van der Waals surface area contributed by atoms with Crippen molar-refractivity contribution >= 4 is 23.2 Å². The molecule has 0 spiro atoms. The van der Waals surface area contributed by atoms with Gasteiger partial charge in [0, 0.05) is 11.2 Å². The highest BCUT2D eigenvalue weighted by molar-refractivity contribution is 6.30. The maximum Gasteiger partial charge on any atom is 0.258 e. The summed E-state index contributed by atoms with van der Waals surface area (Å²) in [5.41, 5.74) is 1.81. The van der Waals surface area contributed by atoms with Gasteiger partial charge in [-0.05, 0) is 36.4 Å². The maximum absolute atomic E-state index is 12.4. The molecule has 0 bridgehead atoms. The maximum atomic E-state index is 12.4. The van der Waals surface area contributed by atoms with Gasteiger partial charge in [0.15, 0.2) is 5.82 Å². The van der Waals surface area contributed by atoms with Gasteiger partial charge in [0.25, 0.3) is 5.91 Å². The lowest BCUT2D eigenvalue weighted by atomic mass is 10.3. The molecule has 8 nitrogen and oxygen atoms in total. The molecule has 4 rings (SSSR count). The van der Waals surface area contributed by atoms with Crippen molar-refractivity contribution in [1.29, 1.82) is 0 Å². The molecule has 3 heterocycles. The molecule has 0 saturated carbocycles. The van der Waals surface area contributed by atoms with E-state index in [2.05, 4.69) is 25.5 Å². The van der Waals surface area contributed by atoms with Crippen molar-refractivity contribution in [3.63, 3.8) is 0 Å². The van der Waals surface area contributed by atoms with Gasteiger partial charge >= 0.3 is 0 Å². The Kier molecular flexibility index (Phi) is 4.16. The molecule has 0 aliphatic rings. The number of halogens is 1. The first-order valence-electron chi connectivity index (χ1n) is 7.62. The molecule has 0 aliphatic heterocycles. The Bertz CT molecular complexity index is 1020. The first-order chi connectivity index (χ1) is 12.7. The summed E-state index contributed by atoms with van der Waals surface area (Å²) < 4.78 is 3.14. The second kappa shape index (κ2) is 6.77. The van der Waals surface area contributed by atoms with Crippen LogP contribution in [0.1, 0.15) is 10.4 Å². The highest BCUT2D eigenvalue weighted by atomic mass is 35.5. The first kappa shape index (κ1) is 16.0. The molecule has 1 amide bonds. The van der Waals surface area contributed by atoms with Crippen LogP contribution in [0.4, 0.5) is 5.69 Å². The number of carbonyl (C=O) groups excluding carboxylic acids is 1. The van der Waals surface area contributed by atoms with Crippen molar-refractivity contribution in [2.45, 2.75) is 0 Å². The normalized spacial score (nSPS) is 10.7. The molecule has 3 aromatic heterocycles. The molecular formula is C17H12ClN7O. The number of amides is 1. The van der Waals surface area contributed by atoms with Crippen LogP contribution in [0.5, 0.6) is 0 Å². The quantitative estimate of drug-likeness (QED) is 0.600. The van der Waals surface area contributed by atoms with Crippen molar-refractivity contribution in [2.75, 3.05) is 5.32 Å². The van der Waals surface area contributed by atoms with Crippen molar-refractivity contribution in [3.05, 3.63) is 78.2 Å². The molecule has 0 fully saturated rings. The lowest BCUT2D eigenvalue weighted by Crippen LogP contribution is -2.11. The van der Waals surface area contributed by atoms with Crippen molar-refractivity contribution in [2.24, 2.45) is 0 Å². The Morgan fingerprint density at radius 3 is 2.54 bits per heavy atom. The van der Waals surface area contributed by atoms with Gasteiger partial charge in [-0.25, -0.2) is 19.3 Å². The Morgan fingerprint density at radius 1 is 1.00 bits per heavy atom. The van der Waals surface area contributed by atoms with E-state index in [9.17, 15) is 4.79 Å². The topological polar surface area (TPSA) is 90.5 Å². The highest BCUT2D eigenvalue weighted by Crippen LogP contribution is 2.15. The molecule has 9 heteroatoms. The monoisotopic (exact) mass is 365 g/mol. The Hall–Kier alpha value is -3.52. The van der Waals surface area contributed by atoms with E-state index in [4.69, 9.17) is 11.6 Å². The fourth-order valence-corrected chi connectivity index (χ4v) is 2.43. The standard InChI is InChI=1S/C17H12ClN7O/c18-13-1-4-15(5-2-13)24-9-12(7-21-24)17(26)23-14-3-6-16(20-8-14)25-11-19-10-22-25/h1-11H,(H,23,26). The van der Waals surface area contributed by atoms with Crippen LogP contribution in [0.2, 0.25) is 5.02 Å². The minimum atomic E-state index is -0.277. The highest BCUT2D eigenvalue weighted by Gasteiger charge is 2.10. The zero-order valence-corrected chi connectivity index (χ0v) is 14.1. The molecule has 0 unspecified atom stereocenters.